The number of aromatic nitrogens is 2. The summed E-state index contributed by atoms with van der Waals surface area (Å²) in [5.74, 6) is 1.78. The molecule has 0 saturated carbocycles. The van der Waals surface area contributed by atoms with Gasteiger partial charge in [-0.25, -0.2) is 4.98 Å². The Hall–Kier alpha value is -1.06. The number of rotatable bonds is 3. The molecule has 1 aromatic heterocycles. The molecule has 1 fully saturated rings. The van der Waals surface area contributed by atoms with Gasteiger partial charge in [-0.1, -0.05) is 12.1 Å². The van der Waals surface area contributed by atoms with E-state index in [0.717, 1.165) is 24.3 Å². The standard InChI is InChI=1S/C17H24ClN3/c1-12-5-4-6-15-17(12)19-16(7-9-18)21(15)14-8-10-20(3)13(2)11-14/h4-6,13-14H,7-11H2,1-3H3. The fourth-order valence-corrected chi connectivity index (χ4v) is 3.64. The lowest BCUT2D eigenvalue weighted by Gasteiger charge is -2.36. The molecule has 4 heteroatoms. The number of benzene rings is 1. The molecule has 0 radical (unpaired) electrons. The largest absolute Gasteiger partial charge is 0.325 e. The molecule has 3 nitrogen and oxygen atoms in total. The van der Waals surface area contributed by atoms with Gasteiger partial charge in [-0.15, -0.1) is 11.6 Å². The first-order valence-electron chi connectivity index (χ1n) is 7.84. The molecule has 114 valence electrons. The van der Waals surface area contributed by atoms with Crippen LogP contribution in [0.15, 0.2) is 18.2 Å². The molecule has 2 heterocycles. The number of piperidine rings is 1. The van der Waals surface area contributed by atoms with Crippen molar-refractivity contribution in [3.8, 4) is 0 Å². The maximum atomic E-state index is 6.00. The van der Waals surface area contributed by atoms with Gasteiger partial charge in [0.05, 0.1) is 11.0 Å². The number of likely N-dealkylation sites (tertiary alicyclic amines) is 1. The Morgan fingerprint density at radius 1 is 1.38 bits per heavy atom. The monoisotopic (exact) mass is 305 g/mol. The van der Waals surface area contributed by atoms with Gasteiger partial charge in [0.15, 0.2) is 0 Å². The third kappa shape index (κ3) is 2.69. The van der Waals surface area contributed by atoms with Crippen molar-refractivity contribution in [2.45, 2.75) is 45.2 Å². The summed E-state index contributed by atoms with van der Waals surface area (Å²) in [6.45, 7) is 5.61. The highest BCUT2D eigenvalue weighted by atomic mass is 35.5. The van der Waals surface area contributed by atoms with E-state index in [-0.39, 0.29) is 0 Å². The van der Waals surface area contributed by atoms with Crippen LogP contribution in [0.3, 0.4) is 0 Å². The summed E-state index contributed by atoms with van der Waals surface area (Å²) < 4.78 is 2.47. The first-order chi connectivity index (χ1) is 10.1. The second-order valence-corrected chi connectivity index (χ2v) is 6.67. The van der Waals surface area contributed by atoms with Gasteiger partial charge < -0.3 is 9.47 Å². The molecule has 21 heavy (non-hydrogen) atoms. The zero-order chi connectivity index (χ0) is 15.0. The zero-order valence-corrected chi connectivity index (χ0v) is 13.9. The molecule has 1 aromatic carbocycles. The summed E-state index contributed by atoms with van der Waals surface area (Å²) in [4.78, 5) is 7.33. The fraction of sp³-hybridized carbons (Fsp3) is 0.588. The Morgan fingerprint density at radius 3 is 2.90 bits per heavy atom. The smallest absolute Gasteiger partial charge is 0.111 e. The predicted molar refractivity (Wildman–Crippen MR) is 89.3 cm³/mol. The van der Waals surface area contributed by atoms with Gasteiger partial charge in [0, 0.05) is 30.9 Å². The van der Waals surface area contributed by atoms with Gasteiger partial charge in [-0.3, -0.25) is 0 Å². The van der Waals surface area contributed by atoms with Crippen LogP contribution in [-0.4, -0.2) is 40.0 Å². The van der Waals surface area contributed by atoms with Crippen LogP contribution in [0.4, 0.5) is 0 Å². The third-order valence-electron chi connectivity index (χ3n) is 4.86. The third-order valence-corrected chi connectivity index (χ3v) is 5.05. The van der Waals surface area contributed by atoms with Crippen LogP contribution >= 0.6 is 11.6 Å². The van der Waals surface area contributed by atoms with Crippen LogP contribution in [0, 0.1) is 6.92 Å². The fourth-order valence-electron chi connectivity index (χ4n) is 3.47. The minimum absolute atomic E-state index is 0.543. The average Bonchev–Trinajstić information content (AvgIpc) is 2.82. The number of nitrogens with zero attached hydrogens (tertiary/aromatic N) is 3. The summed E-state index contributed by atoms with van der Waals surface area (Å²) >= 11 is 6.00. The summed E-state index contributed by atoms with van der Waals surface area (Å²) in [6, 6.07) is 7.65. The van der Waals surface area contributed by atoms with Crippen LogP contribution in [0.25, 0.3) is 11.0 Å². The molecule has 0 bridgehead atoms. The Kier molecular flexibility index (Phi) is 4.23. The number of hydrogen-bond acceptors (Lipinski definition) is 2. The van der Waals surface area contributed by atoms with E-state index < -0.39 is 0 Å². The van der Waals surface area contributed by atoms with Crippen LogP contribution < -0.4 is 0 Å². The molecule has 0 spiro atoms. The molecule has 2 atom stereocenters. The molecule has 3 rings (SSSR count). The molecule has 0 amide bonds. The molecular weight excluding hydrogens is 282 g/mol. The molecule has 2 aromatic rings. The quantitative estimate of drug-likeness (QED) is 0.805. The minimum Gasteiger partial charge on any atom is -0.325 e. The molecule has 0 N–H and O–H groups in total. The molecule has 1 aliphatic rings. The van der Waals surface area contributed by atoms with Crippen molar-refractivity contribution in [2.75, 3.05) is 19.5 Å². The number of para-hydroxylation sites is 1. The van der Waals surface area contributed by atoms with Crippen molar-refractivity contribution in [1.29, 1.82) is 0 Å². The molecule has 1 aliphatic heterocycles. The van der Waals surface area contributed by atoms with Crippen molar-refractivity contribution >= 4 is 22.6 Å². The Morgan fingerprint density at radius 2 is 2.19 bits per heavy atom. The van der Waals surface area contributed by atoms with Crippen LogP contribution in [0.5, 0.6) is 0 Å². The van der Waals surface area contributed by atoms with Crippen molar-refractivity contribution in [2.24, 2.45) is 0 Å². The minimum atomic E-state index is 0.543. The highest BCUT2D eigenvalue weighted by Gasteiger charge is 2.27. The summed E-state index contributed by atoms with van der Waals surface area (Å²) in [7, 11) is 2.22. The van der Waals surface area contributed by atoms with Gasteiger partial charge in [0.1, 0.15) is 5.82 Å². The molecule has 2 unspecified atom stereocenters. The van der Waals surface area contributed by atoms with Gasteiger partial charge in [-0.2, -0.15) is 0 Å². The van der Waals surface area contributed by atoms with E-state index in [1.165, 1.54) is 23.9 Å². The number of fused-ring (bicyclic) bond motifs is 1. The summed E-state index contributed by atoms with van der Waals surface area (Å²) in [5.41, 5.74) is 3.67. The van der Waals surface area contributed by atoms with E-state index in [2.05, 4.69) is 48.6 Å². The number of halogens is 1. The summed E-state index contributed by atoms with van der Waals surface area (Å²) in [6.07, 6.45) is 3.22. The first-order valence-corrected chi connectivity index (χ1v) is 8.38. The average molecular weight is 306 g/mol. The van der Waals surface area contributed by atoms with E-state index in [4.69, 9.17) is 16.6 Å². The maximum absolute atomic E-state index is 6.00. The first kappa shape index (κ1) is 14.9. The summed E-state index contributed by atoms with van der Waals surface area (Å²) in [5, 5.41) is 0. The predicted octanol–water partition coefficient (Wildman–Crippen LogP) is 3.78. The van der Waals surface area contributed by atoms with E-state index in [9.17, 15) is 0 Å². The topological polar surface area (TPSA) is 21.1 Å². The van der Waals surface area contributed by atoms with E-state index in [1.54, 1.807) is 0 Å². The molecular formula is C17H24ClN3. The van der Waals surface area contributed by atoms with Crippen LogP contribution in [0.2, 0.25) is 0 Å². The lowest BCUT2D eigenvalue weighted by molar-refractivity contribution is 0.157. The SMILES string of the molecule is Cc1cccc2c1nc(CCCl)n2C1CCN(C)C(C)C1. The van der Waals surface area contributed by atoms with Crippen molar-refractivity contribution in [1.82, 2.24) is 14.5 Å². The van der Waals surface area contributed by atoms with Crippen molar-refractivity contribution in [3.05, 3.63) is 29.6 Å². The Balaban J connectivity index is 2.07. The lowest BCUT2D eigenvalue weighted by Crippen LogP contribution is -2.38. The van der Waals surface area contributed by atoms with Crippen LogP contribution in [-0.2, 0) is 6.42 Å². The van der Waals surface area contributed by atoms with E-state index in [1.807, 2.05) is 0 Å². The second-order valence-electron chi connectivity index (χ2n) is 6.29. The Bertz CT molecular complexity index is 634. The van der Waals surface area contributed by atoms with Crippen molar-refractivity contribution in [3.63, 3.8) is 0 Å². The highest BCUT2D eigenvalue weighted by Crippen LogP contribution is 2.32. The van der Waals surface area contributed by atoms with Crippen molar-refractivity contribution < 1.29 is 0 Å². The highest BCUT2D eigenvalue weighted by molar-refractivity contribution is 6.17. The molecule has 1 saturated heterocycles. The number of alkyl halides is 1. The van der Waals surface area contributed by atoms with Gasteiger partial charge in [0.2, 0.25) is 0 Å². The maximum Gasteiger partial charge on any atom is 0.111 e. The molecule has 0 aliphatic carbocycles. The number of imidazole rings is 1. The van der Waals surface area contributed by atoms with Crippen LogP contribution in [0.1, 0.15) is 37.2 Å². The zero-order valence-electron chi connectivity index (χ0n) is 13.1. The Labute approximate surface area is 131 Å². The van der Waals surface area contributed by atoms with Gasteiger partial charge >= 0.3 is 0 Å². The van der Waals surface area contributed by atoms with Gasteiger partial charge in [-0.05, 0) is 45.4 Å². The normalized spacial score (nSPS) is 23.8. The number of aryl methyl sites for hydroxylation is 2. The van der Waals surface area contributed by atoms with Gasteiger partial charge in [0.25, 0.3) is 0 Å². The second kappa shape index (κ2) is 5.98. The van der Waals surface area contributed by atoms with E-state index in [0.29, 0.717) is 18.0 Å². The lowest BCUT2D eigenvalue weighted by atomic mass is 9.98. The van der Waals surface area contributed by atoms with E-state index >= 15 is 0 Å². The number of hydrogen-bond donors (Lipinski definition) is 0.